The van der Waals surface area contributed by atoms with Gasteiger partial charge in [0, 0.05) is 17.1 Å². The molecule has 4 fully saturated rings. The van der Waals surface area contributed by atoms with Crippen molar-refractivity contribution in [3.8, 4) is 0 Å². The lowest BCUT2D eigenvalue weighted by Crippen LogP contribution is -2.67. The maximum absolute atomic E-state index is 14.9. The van der Waals surface area contributed by atoms with E-state index in [4.69, 9.17) is 18.9 Å². The van der Waals surface area contributed by atoms with Crippen LogP contribution in [0.25, 0.3) is 0 Å². The molecule has 5 rings (SSSR count). The summed E-state index contributed by atoms with van der Waals surface area (Å²) in [7, 11) is 1.48. The van der Waals surface area contributed by atoms with Crippen LogP contribution in [-0.2, 0) is 33.3 Å². The summed E-state index contributed by atoms with van der Waals surface area (Å²) in [5.74, 6) is -0.642. The van der Waals surface area contributed by atoms with Crippen molar-refractivity contribution in [2.45, 2.75) is 171 Å². The molecular formula is C44H69NO9S. The third kappa shape index (κ3) is 7.86. The molecule has 0 aromatic heterocycles. The van der Waals surface area contributed by atoms with Gasteiger partial charge in [0.25, 0.3) is 0 Å². The number of rotatable bonds is 6. The third-order valence-corrected chi connectivity index (χ3v) is 16.0. The molecule has 0 heterocycles. The Morgan fingerprint density at radius 2 is 1.47 bits per heavy atom. The van der Waals surface area contributed by atoms with Gasteiger partial charge in [0.2, 0.25) is 0 Å². The second-order valence-electron chi connectivity index (χ2n) is 21.5. The topological polar surface area (TPSA) is 134 Å². The Labute approximate surface area is 334 Å². The van der Waals surface area contributed by atoms with E-state index in [0.29, 0.717) is 19.3 Å². The molecule has 55 heavy (non-hydrogen) atoms. The molecule has 11 heteroatoms. The van der Waals surface area contributed by atoms with E-state index in [9.17, 15) is 24.0 Å². The molecule has 0 saturated heterocycles. The first-order valence-electron chi connectivity index (χ1n) is 20.5. The van der Waals surface area contributed by atoms with Crippen LogP contribution in [0.15, 0.2) is 11.6 Å². The molecule has 0 aromatic carbocycles. The van der Waals surface area contributed by atoms with Crippen molar-refractivity contribution in [3.05, 3.63) is 11.6 Å². The Hall–Kier alpha value is -2.56. The van der Waals surface area contributed by atoms with Crippen molar-refractivity contribution in [3.63, 3.8) is 0 Å². The molecule has 1 N–H and O–H groups in total. The number of nitrogens with one attached hydrogen (secondary N) is 1. The van der Waals surface area contributed by atoms with E-state index < -0.39 is 51.5 Å². The molecule has 4 saturated carbocycles. The predicted octanol–water partition coefficient (Wildman–Crippen LogP) is 9.61. The van der Waals surface area contributed by atoms with Gasteiger partial charge >= 0.3 is 23.3 Å². The number of hydrogen-bond acceptors (Lipinski definition) is 10. The molecule has 5 aliphatic rings. The first-order valence-corrected chi connectivity index (χ1v) is 21.4. The highest BCUT2D eigenvalue weighted by Crippen LogP contribution is 2.75. The van der Waals surface area contributed by atoms with Crippen LogP contribution in [0.5, 0.6) is 0 Å². The molecule has 0 spiro atoms. The van der Waals surface area contributed by atoms with Crippen LogP contribution >= 0.6 is 11.8 Å². The summed E-state index contributed by atoms with van der Waals surface area (Å²) < 4.78 is 22.5. The van der Waals surface area contributed by atoms with E-state index in [0.717, 1.165) is 50.3 Å². The van der Waals surface area contributed by atoms with Gasteiger partial charge in [0.1, 0.15) is 23.3 Å². The second-order valence-corrected chi connectivity index (χ2v) is 22.5. The zero-order valence-electron chi connectivity index (χ0n) is 36.1. The second kappa shape index (κ2) is 14.4. The Balaban J connectivity index is 1.40. The van der Waals surface area contributed by atoms with Crippen molar-refractivity contribution < 1.29 is 42.9 Å². The van der Waals surface area contributed by atoms with Crippen LogP contribution in [0.3, 0.4) is 0 Å². The number of methoxy groups -OCH3 is 1. The van der Waals surface area contributed by atoms with Gasteiger partial charge in [-0.3, -0.25) is 9.59 Å². The van der Waals surface area contributed by atoms with Gasteiger partial charge in [-0.15, -0.1) is 0 Å². The zero-order chi connectivity index (χ0) is 41.4. The lowest BCUT2D eigenvalue weighted by molar-refractivity contribution is -0.211. The van der Waals surface area contributed by atoms with Crippen LogP contribution in [0.4, 0.5) is 9.59 Å². The third-order valence-electron chi connectivity index (χ3n) is 15.2. The zero-order valence-corrected chi connectivity index (χ0v) is 36.9. The van der Waals surface area contributed by atoms with Gasteiger partial charge in [-0.2, -0.15) is 0 Å². The van der Waals surface area contributed by atoms with Gasteiger partial charge in [0.05, 0.1) is 12.5 Å². The molecule has 0 unspecified atom stereocenters. The SMILES string of the molecule is COC(=O)[C@@]1(C)CC[C@]2(C)CC[C@]3(C)C(=CC(=O)[C@@H]4[C@@]5(C)CC[C@H](OC(=O)[C@H](CSC(=O)OC(C)(C)C)NC(=O)OC(C)(C)C)C(C)(C)[C@@H]5CC[C@]43C)[C@@H]2C1. The molecule has 0 bridgehead atoms. The highest BCUT2D eigenvalue weighted by Gasteiger charge is 2.70. The quantitative estimate of drug-likeness (QED) is 0.205. The standard InChI is InChI=1S/C44H69NO9S/c1-37(2,3)53-35(49)45-28(25-55-36(50)54-38(4,5)6)33(47)52-31-16-17-42(11)30(39(31,7)8)15-18-44(13)32(42)29(46)23-26-27-24-41(10,34(48)51-14)20-19-40(27,9)21-22-43(26,44)12/h23,27-28,30-32H,15-22,24-25H2,1-14H3,(H,45,49)/t27-,28-,30-,31-,32+,40+,41-,42-,43+,44+/m0/s1. The summed E-state index contributed by atoms with van der Waals surface area (Å²) in [6.07, 6.45) is 8.31. The molecule has 1 amide bonds. The van der Waals surface area contributed by atoms with Crippen LogP contribution in [0.1, 0.15) is 148 Å². The van der Waals surface area contributed by atoms with Crippen molar-refractivity contribution in [2.75, 3.05) is 12.9 Å². The Bertz CT molecular complexity index is 1610. The monoisotopic (exact) mass is 787 g/mol. The minimum absolute atomic E-state index is 0.0367. The van der Waals surface area contributed by atoms with Gasteiger partial charge in [-0.05, 0) is 158 Å². The molecule has 5 aliphatic carbocycles. The number of carbonyl (C=O) groups excluding carboxylic acids is 5. The number of alkyl carbamates (subject to hydrolysis) is 1. The summed E-state index contributed by atoms with van der Waals surface area (Å²) in [5, 5.41) is 2.09. The highest BCUT2D eigenvalue weighted by molar-refractivity contribution is 8.13. The first-order chi connectivity index (χ1) is 25.1. The molecule has 10 nitrogen and oxygen atoms in total. The number of allylic oxidation sites excluding steroid dienone is 2. The van der Waals surface area contributed by atoms with Crippen molar-refractivity contribution in [2.24, 2.45) is 50.2 Å². The average molecular weight is 788 g/mol. The Morgan fingerprint density at radius 1 is 0.855 bits per heavy atom. The number of ether oxygens (including phenoxy) is 4. The Morgan fingerprint density at radius 3 is 2.07 bits per heavy atom. The number of esters is 2. The number of ketones is 1. The van der Waals surface area contributed by atoms with E-state index in [2.05, 4.69) is 46.9 Å². The number of carbonyl (C=O) groups is 5. The lowest BCUT2D eigenvalue weighted by Gasteiger charge is -2.70. The fourth-order valence-corrected chi connectivity index (χ4v) is 12.9. The molecule has 10 atom stereocenters. The van der Waals surface area contributed by atoms with E-state index >= 15 is 0 Å². The minimum Gasteiger partial charge on any atom is -0.469 e. The summed E-state index contributed by atoms with van der Waals surface area (Å²) in [6, 6.07) is -1.15. The fraction of sp³-hybridized carbons (Fsp3) is 0.841. The normalized spacial score (nSPS) is 38.7. The number of hydrogen-bond donors (Lipinski definition) is 1. The van der Waals surface area contributed by atoms with E-state index in [1.54, 1.807) is 41.5 Å². The largest absolute Gasteiger partial charge is 0.469 e. The number of amides is 1. The minimum atomic E-state index is -1.15. The van der Waals surface area contributed by atoms with Crippen molar-refractivity contribution >= 4 is 40.9 Å². The summed E-state index contributed by atoms with van der Waals surface area (Å²) in [4.78, 5) is 67.4. The van der Waals surface area contributed by atoms with Crippen molar-refractivity contribution in [1.82, 2.24) is 5.32 Å². The van der Waals surface area contributed by atoms with Crippen LogP contribution in [0, 0.1) is 50.2 Å². The molecule has 0 aliphatic heterocycles. The van der Waals surface area contributed by atoms with Crippen LogP contribution in [0.2, 0.25) is 0 Å². The van der Waals surface area contributed by atoms with Gasteiger partial charge < -0.3 is 24.3 Å². The van der Waals surface area contributed by atoms with Crippen molar-refractivity contribution in [1.29, 1.82) is 0 Å². The maximum Gasteiger partial charge on any atom is 0.408 e. The fourth-order valence-electron chi connectivity index (χ4n) is 12.1. The van der Waals surface area contributed by atoms with Crippen LogP contribution in [-0.4, -0.2) is 65.3 Å². The summed E-state index contributed by atoms with van der Waals surface area (Å²) >= 11 is 0.811. The molecule has 0 aromatic rings. The number of thioether (sulfide) groups is 1. The molecule has 310 valence electrons. The maximum atomic E-state index is 14.9. The average Bonchev–Trinajstić information content (AvgIpc) is 3.04. The smallest absolute Gasteiger partial charge is 0.408 e. The summed E-state index contributed by atoms with van der Waals surface area (Å²) in [6.45, 7) is 26.3. The predicted molar refractivity (Wildman–Crippen MR) is 213 cm³/mol. The van der Waals surface area contributed by atoms with Gasteiger partial charge in [-0.25, -0.2) is 14.4 Å². The van der Waals surface area contributed by atoms with Gasteiger partial charge in [0.15, 0.2) is 5.78 Å². The van der Waals surface area contributed by atoms with Crippen LogP contribution < -0.4 is 5.32 Å². The van der Waals surface area contributed by atoms with Gasteiger partial charge in [-0.1, -0.05) is 47.1 Å². The summed E-state index contributed by atoms with van der Waals surface area (Å²) in [5.41, 5.74) is -2.08. The molecular weight excluding hydrogens is 719 g/mol. The van der Waals surface area contributed by atoms with E-state index in [1.807, 2.05) is 13.0 Å². The highest BCUT2D eigenvalue weighted by atomic mass is 32.2. The first kappa shape index (κ1) is 43.6. The number of fused-ring (bicyclic) bond motifs is 7. The van der Waals surface area contributed by atoms with E-state index in [1.165, 1.54) is 12.7 Å². The van der Waals surface area contributed by atoms with E-state index in [-0.39, 0.29) is 56.9 Å². The Kier molecular flexibility index (Phi) is 11.4. The molecule has 0 radical (unpaired) electrons. The lowest BCUT2D eigenvalue weighted by atomic mass is 9.33.